The third kappa shape index (κ3) is 6.06. The highest BCUT2D eigenvalue weighted by atomic mass is 35.5. The van der Waals surface area contributed by atoms with Gasteiger partial charge in [0, 0.05) is 16.3 Å². The summed E-state index contributed by atoms with van der Waals surface area (Å²) in [5, 5.41) is 25.6. The van der Waals surface area contributed by atoms with Crippen molar-refractivity contribution in [3.8, 4) is 11.5 Å². The molecule has 3 rings (SSSR count). The van der Waals surface area contributed by atoms with Crippen molar-refractivity contribution in [2.45, 2.75) is 46.7 Å². The quantitative estimate of drug-likeness (QED) is 0.332. The Hall–Kier alpha value is -3.98. The number of hydrogen-bond donors (Lipinski definition) is 4. The Labute approximate surface area is 219 Å². The maximum absolute atomic E-state index is 13.4. The molecule has 37 heavy (non-hydrogen) atoms. The van der Waals surface area contributed by atoms with Crippen molar-refractivity contribution in [3.63, 3.8) is 0 Å². The zero-order chi connectivity index (χ0) is 27.4. The lowest BCUT2D eigenvalue weighted by Crippen LogP contribution is -2.37. The van der Waals surface area contributed by atoms with E-state index >= 15 is 0 Å². The first-order valence-corrected chi connectivity index (χ1v) is 11.9. The smallest absolute Gasteiger partial charge is 0.319 e. The van der Waals surface area contributed by atoms with Gasteiger partial charge in [-0.2, -0.15) is 0 Å². The summed E-state index contributed by atoms with van der Waals surface area (Å²) in [6, 6.07) is 8.75. The molecule has 0 saturated heterocycles. The van der Waals surface area contributed by atoms with E-state index in [4.69, 9.17) is 16.3 Å². The summed E-state index contributed by atoms with van der Waals surface area (Å²) < 4.78 is 6.74. The van der Waals surface area contributed by atoms with Crippen LogP contribution in [0.15, 0.2) is 41.2 Å². The fraction of sp³-hybridized carbons (Fsp3) is 0.296. The number of aromatic nitrogens is 1. The van der Waals surface area contributed by atoms with Crippen LogP contribution in [0.3, 0.4) is 0 Å². The van der Waals surface area contributed by atoms with Crippen molar-refractivity contribution in [1.29, 1.82) is 0 Å². The van der Waals surface area contributed by atoms with Crippen molar-refractivity contribution >= 4 is 29.3 Å². The average Bonchev–Trinajstić information content (AvgIpc) is 2.84. The number of ether oxygens (including phenoxy) is 1. The maximum atomic E-state index is 13.4. The van der Waals surface area contributed by atoms with Crippen LogP contribution in [0.5, 0.6) is 11.5 Å². The van der Waals surface area contributed by atoms with Gasteiger partial charge in [0.25, 0.3) is 5.56 Å². The molecule has 0 aliphatic rings. The summed E-state index contributed by atoms with van der Waals surface area (Å²) in [4.78, 5) is 37.8. The van der Waals surface area contributed by atoms with Crippen LogP contribution in [-0.2, 0) is 11.3 Å². The molecule has 0 unspecified atom stereocenters. The predicted octanol–water partition coefficient (Wildman–Crippen LogP) is 4.84. The molecule has 10 heteroatoms. The van der Waals surface area contributed by atoms with Gasteiger partial charge in [-0.1, -0.05) is 35.9 Å². The number of aryl methyl sites for hydroxylation is 2. The van der Waals surface area contributed by atoms with Crippen LogP contribution in [0.25, 0.3) is 0 Å². The number of urea groups is 1. The second kappa shape index (κ2) is 11.4. The monoisotopic (exact) mass is 527 g/mol. The fourth-order valence-electron chi connectivity index (χ4n) is 4.07. The third-order valence-corrected chi connectivity index (χ3v) is 6.78. The molecule has 3 aromatic rings. The second-order valence-electron chi connectivity index (χ2n) is 8.84. The Morgan fingerprint density at radius 2 is 1.81 bits per heavy atom. The van der Waals surface area contributed by atoms with E-state index in [1.165, 1.54) is 11.7 Å². The lowest BCUT2D eigenvalue weighted by Gasteiger charge is -2.21. The summed E-state index contributed by atoms with van der Waals surface area (Å²) in [6.45, 7) is 7.18. The first kappa shape index (κ1) is 27.6. The van der Waals surface area contributed by atoms with E-state index in [1.807, 2.05) is 26.0 Å². The second-order valence-corrected chi connectivity index (χ2v) is 9.25. The van der Waals surface area contributed by atoms with Crippen LogP contribution >= 0.6 is 11.6 Å². The van der Waals surface area contributed by atoms with Crippen LogP contribution in [0.4, 0.5) is 10.5 Å². The van der Waals surface area contributed by atoms with Crippen molar-refractivity contribution in [2.24, 2.45) is 0 Å². The van der Waals surface area contributed by atoms with E-state index in [9.17, 15) is 24.6 Å². The van der Waals surface area contributed by atoms with Crippen LogP contribution in [0, 0.1) is 27.7 Å². The molecule has 2 amide bonds. The van der Waals surface area contributed by atoms with Gasteiger partial charge in [-0.3, -0.25) is 9.59 Å². The Kier molecular flexibility index (Phi) is 8.49. The molecule has 4 N–H and O–H groups in total. The van der Waals surface area contributed by atoms with Crippen molar-refractivity contribution in [2.75, 3.05) is 12.4 Å². The van der Waals surface area contributed by atoms with Gasteiger partial charge in [0.15, 0.2) is 5.69 Å². The number of carbonyl (C=O) groups is 2. The molecule has 0 radical (unpaired) electrons. The summed E-state index contributed by atoms with van der Waals surface area (Å²) in [7, 11) is 1.50. The number of carboxylic acid groups (broad SMARTS) is 1. The third-order valence-electron chi connectivity index (χ3n) is 6.42. The Balaban J connectivity index is 1.95. The molecule has 2 aromatic carbocycles. The number of nitrogens with zero attached hydrogens (tertiary/aromatic N) is 1. The lowest BCUT2D eigenvalue weighted by molar-refractivity contribution is -0.137. The molecule has 0 spiro atoms. The topological polar surface area (TPSA) is 130 Å². The summed E-state index contributed by atoms with van der Waals surface area (Å²) in [6.07, 6.45) is -0.408. The van der Waals surface area contributed by atoms with Crippen molar-refractivity contribution in [3.05, 3.63) is 85.3 Å². The molecular formula is C27H30ClN3O6. The molecule has 0 aliphatic carbocycles. The van der Waals surface area contributed by atoms with Gasteiger partial charge in [-0.05, 0) is 62.1 Å². The Bertz CT molecular complexity index is 1400. The molecule has 1 heterocycles. The number of pyridine rings is 1. The molecule has 1 aromatic heterocycles. The van der Waals surface area contributed by atoms with Gasteiger partial charge in [0.2, 0.25) is 0 Å². The van der Waals surface area contributed by atoms with Crippen LogP contribution in [0.2, 0.25) is 5.02 Å². The van der Waals surface area contributed by atoms with E-state index in [2.05, 4.69) is 10.6 Å². The molecule has 0 aliphatic heterocycles. The lowest BCUT2D eigenvalue weighted by atomic mass is 10.0. The minimum atomic E-state index is -1.13. The number of aromatic hydroxyl groups is 1. The van der Waals surface area contributed by atoms with E-state index in [-0.39, 0.29) is 18.0 Å². The molecule has 0 fully saturated rings. The number of aliphatic carboxylic acids is 1. The highest BCUT2D eigenvalue weighted by molar-refractivity contribution is 6.31. The van der Waals surface area contributed by atoms with Crippen molar-refractivity contribution in [1.82, 2.24) is 9.88 Å². The minimum absolute atomic E-state index is 0.137. The molecule has 0 bridgehead atoms. The number of nitrogens with one attached hydrogen (secondary N) is 2. The number of rotatable bonds is 8. The Morgan fingerprint density at radius 3 is 2.43 bits per heavy atom. The fourth-order valence-corrected chi connectivity index (χ4v) is 4.35. The minimum Gasteiger partial charge on any atom is -0.505 e. The summed E-state index contributed by atoms with van der Waals surface area (Å²) in [5.74, 6) is -0.951. The highest BCUT2D eigenvalue weighted by Crippen LogP contribution is 2.29. The first-order chi connectivity index (χ1) is 17.4. The number of methoxy groups -OCH3 is 1. The zero-order valence-corrected chi connectivity index (χ0v) is 22.1. The summed E-state index contributed by atoms with van der Waals surface area (Å²) >= 11 is 6.37. The number of amides is 2. The number of carboxylic acids is 1. The maximum Gasteiger partial charge on any atom is 0.319 e. The number of hydrogen-bond acceptors (Lipinski definition) is 5. The Morgan fingerprint density at radius 1 is 1.11 bits per heavy atom. The first-order valence-electron chi connectivity index (χ1n) is 11.5. The number of carbonyl (C=O) groups excluding carboxylic acids is 1. The number of halogens is 1. The van der Waals surface area contributed by atoms with Gasteiger partial charge in [0.1, 0.15) is 11.5 Å². The number of benzene rings is 2. The summed E-state index contributed by atoms with van der Waals surface area (Å²) in [5.41, 5.74) is 2.97. The van der Waals surface area contributed by atoms with Gasteiger partial charge in [-0.25, -0.2) is 4.79 Å². The highest BCUT2D eigenvalue weighted by Gasteiger charge is 2.23. The SMILES string of the molecule is COc1cc([C@H](CC(=O)O)NC(=O)Nc2c(O)c(C)c(C)n(Cc3c(C)cccc3Cl)c2=O)ccc1C. The van der Waals surface area contributed by atoms with E-state index < -0.39 is 30.0 Å². The van der Waals surface area contributed by atoms with Crippen molar-refractivity contribution < 1.29 is 24.5 Å². The average molecular weight is 528 g/mol. The van der Waals surface area contributed by atoms with Gasteiger partial charge < -0.3 is 30.2 Å². The van der Waals surface area contributed by atoms with E-state index in [1.54, 1.807) is 38.1 Å². The van der Waals surface area contributed by atoms with Gasteiger partial charge in [-0.15, -0.1) is 0 Å². The van der Waals surface area contributed by atoms with Crippen LogP contribution < -0.4 is 20.9 Å². The normalized spacial score (nSPS) is 11.6. The number of anilines is 1. The van der Waals surface area contributed by atoms with Crippen LogP contribution in [-0.4, -0.2) is 33.9 Å². The largest absolute Gasteiger partial charge is 0.505 e. The molecule has 9 nitrogen and oxygen atoms in total. The molecule has 1 atom stereocenters. The molecule has 196 valence electrons. The van der Waals surface area contributed by atoms with E-state index in [0.29, 0.717) is 27.6 Å². The molecular weight excluding hydrogens is 498 g/mol. The zero-order valence-electron chi connectivity index (χ0n) is 21.3. The van der Waals surface area contributed by atoms with E-state index in [0.717, 1.165) is 16.7 Å². The standard InChI is InChI=1S/C27H30ClN3O6/c1-14-7-6-8-20(28)19(14)13-31-17(4)16(3)25(34)24(26(31)35)30-27(36)29-21(12-23(32)33)18-10-9-15(2)22(11-18)37-5/h6-11,21,34H,12-13H2,1-5H3,(H,32,33)(H2,29,30,36)/t21-/m0/s1. The predicted molar refractivity (Wildman–Crippen MR) is 142 cm³/mol. The van der Waals surface area contributed by atoms with Crippen LogP contribution in [0.1, 0.15) is 46.0 Å². The van der Waals surface area contributed by atoms with Gasteiger partial charge >= 0.3 is 12.0 Å². The molecule has 0 saturated carbocycles. The van der Waals surface area contributed by atoms with Gasteiger partial charge in [0.05, 0.1) is 26.1 Å².